The third-order valence-corrected chi connectivity index (χ3v) is 3.07. The van der Waals surface area contributed by atoms with E-state index in [4.69, 9.17) is 4.74 Å². The standard InChI is InChI=1S/C17H20N2O2/c1-3-12-18-13-8-10-14(11-9-13)19-17(20)15-6-4-5-7-16(15)21-2/h4-11,18H,3,12H2,1-2H3,(H,19,20). The van der Waals surface area contributed by atoms with E-state index in [1.807, 2.05) is 36.4 Å². The molecule has 0 aliphatic carbocycles. The van der Waals surface area contributed by atoms with Crippen LogP contribution in [0, 0.1) is 0 Å². The van der Waals surface area contributed by atoms with Crippen LogP contribution in [0.15, 0.2) is 48.5 Å². The zero-order valence-electron chi connectivity index (χ0n) is 12.3. The average molecular weight is 284 g/mol. The molecule has 2 rings (SSSR count). The predicted molar refractivity (Wildman–Crippen MR) is 86.2 cm³/mol. The molecule has 21 heavy (non-hydrogen) atoms. The van der Waals surface area contributed by atoms with Crippen LogP contribution in [0.2, 0.25) is 0 Å². The summed E-state index contributed by atoms with van der Waals surface area (Å²) in [5.74, 6) is 0.387. The molecule has 0 fully saturated rings. The predicted octanol–water partition coefficient (Wildman–Crippen LogP) is 3.77. The van der Waals surface area contributed by atoms with Gasteiger partial charge in [0.25, 0.3) is 5.91 Å². The van der Waals surface area contributed by atoms with Gasteiger partial charge in [0.2, 0.25) is 0 Å². The lowest BCUT2D eigenvalue weighted by atomic mass is 10.2. The fourth-order valence-corrected chi connectivity index (χ4v) is 1.97. The normalized spacial score (nSPS) is 10.0. The van der Waals surface area contributed by atoms with Crippen molar-refractivity contribution in [3.63, 3.8) is 0 Å². The van der Waals surface area contributed by atoms with Crippen LogP contribution in [-0.4, -0.2) is 19.6 Å². The molecule has 0 saturated carbocycles. The summed E-state index contributed by atoms with van der Waals surface area (Å²) >= 11 is 0. The van der Waals surface area contributed by atoms with E-state index in [0.29, 0.717) is 11.3 Å². The number of methoxy groups -OCH3 is 1. The van der Waals surface area contributed by atoms with Crippen molar-refractivity contribution in [3.05, 3.63) is 54.1 Å². The first kappa shape index (κ1) is 14.9. The number of nitrogens with one attached hydrogen (secondary N) is 2. The van der Waals surface area contributed by atoms with Crippen LogP contribution < -0.4 is 15.4 Å². The molecule has 2 aromatic carbocycles. The third-order valence-electron chi connectivity index (χ3n) is 3.07. The van der Waals surface area contributed by atoms with Crippen LogP contribution in [0.1, 0.15) is 23.7 Å². The van der Waals surface area contributed by atoms with Crippen LogP contribution in [-0.2, 0) is 0 Å². The molecule has 0 radical (unpaired) electrons. The minimum absolute atomic E-state index is 0.179. The summed E-state index contributed by atoms with van der Waals surface area (Å²) in [5, 5.41) is 6.16. The Balaban J connectivity index is 2.05. The highest BCUT2D eigenvalue weighted by Gasteiger charge is 2.11. The number of rotatable bonds is 6. The molecule has 0 heterocycles. The highest BCUT2D eigenvalue weighted by Crippen LogP contribution is 2.20. The van der Waals surface area contributed by atoms with E-state index in [9.17, 15) is 4.79 Å². The van der Waals surface area contributed by atoms with Crippen molar-refractivity contribution in [1.29, 1.82) is 0 Å². The van der Waals surface area contributed by atoms with Gasteiger partial charge < -0.3 is 15.4 Å². The number of ether oxygens (including phenoxy) is 1. The molecular weight excluding hydrogens is 264 g/mol. The number of benzene rings is 2. The maximum Gasteiger partial charge on any atom is 0.259 e. The lowest BCUT2D eigenvalue weighted by Crippen LogP contribution is -2.13. The number of carbonyl (C=O) groups is 1. The van der Waals surface area contributed by atoms with Gasteiger partial charge in [0, 0.05) is 17.9 Å². The molecule has 0 unspecified atom stereocenters. The number of hydrogen-bond acceptors (Lipinski definition) is 3. The lowest BCUT2D eigenvalue weighted by Gasteiger charge is -2.10. The van der Waals surface area contributed by atoms with Crippen LogP contribution in [0.4, 0.5) is 11.4 Å². The topological polar surface area (TPSA) is 50.4 Å². The Bertz CT molecular complexity index is 594. The smallest absolute Gasteiger partial charge is 0.259 e. The van der Waals surface area contributed by atoms with E-state index in [-0.39, 0.29) is 5.91 Å². The molecule has 4 heteroatoms. The Kier molecular flexibility index (Phi) is 5.21. The lowest BCUT2D eigenvalue weighted by molar-refractivity contribution is 0.102. The number of carbonyl (C=O) groups excluding carboxylic acids is 1. The van der Waals surface area contributed by atoms with Gasteiger partial charge in [0.1, 0.15) is 5.75 Å². The highest BCUT2D eigenvalue weighted by atomic mass is 16.5. The van der Waals surface area contributed by atoms with Crippen molar-refractivity contribution in [1.82, 2.24) is 0 Å². The van der Waals surface area contributed by atoms with Gasteiger partial charge in [-0.05, 0) is 42.8 Å². The molecule has 1 amide bonds. The molecule has 0 saturated heterocycles. The van der Waals surface area contributed by atoms with E-state index >= 15 is 0 Å². The minimum Gasteiger partial charge on any atom is -0.496 e. The van der Waals surface area contributed by atoms with Crippen molar-refractivity contribution >= 4 is 17.3 Å². The summed E-state index contributed by atoms with van der Waals surface area (Å²) in [5.41, 5.74) is 2.33. The number of amides is 1. The Morgan fingerprint density at radius 3 is 2.38 bits per heavy atom. The van der Waals surface area contributed by atoms with Gasteiger partial charge in [-0.15, -0.1) is 0 Å². The van der Waals surface area contributed by atoms with Crippen LogP contribution in [0.3, 0.4) is 0 Å². The summed E-state index contributed by atoms with van der Waals surface area (Å²) in [6.07, 6.45) is 1.08. The van der Waals surface area contributed by atoms with E-state index in [1.54, 1.807) is 19.2 Å². The molecule has 0 atom stereocenters. The summed E-state index contributed by atoms with van der Waals surface area (Å²) in [6, 6.07) is 14.8. The van der Waals surface area contributed by atoms with Gasteiger partial charge >= 0.3 is 0 Å². The Hall–Kier alpha value is -2.49. The molecule has 2 aromatic rings. The fourth-order valence-electron chi connectivity index (χ4n) is 1.97. The van der Waals surface area contributed by atoms with Crippen molar-refractivity contribution in [2.24, 2.45) is 0 Å². The summed E-state index contributed by atoms with van der Waals surface area (Å²) < 4.78 is 5.20. The zero-order chi connectivity index (χ0) is 15.1. The largest absolute Gasteiger partial charge is 0.496 e. The molecule has 4 nitrogen and oxygen atoms in total. The SMILES string of the molecule is CCCNc1ccc(NC(=O)c2ccccc2OC)cc1. The van der Waals surface area contributed by atoms with Gasteiger partial charge in [-0.3, -0.25) is 4.79 Å². The number of anilines is 2. The number of hydrogen-bond donors (Lipinski definition) is 2. The maximum absolute atomic E-state index is 12.2. The van der Waals surface area contributed by atoms with E-state index in [0.717, 1.165) is 24.3 Å². The maximum atomic E-state index is 12.2. The molecular formula is C17H20N2O2. The van der Waals surface area contributed by atoms with Crippen molar-refractivity contribution in [2.75, 3.05) is 24.3 Å². The first-order valence-electron chi connectivity index (χ1n) is 7.03. The molecule has 2 N–H and O–H groups in total. The second-order valence-electron chi connectivity index (χ2n) is 4.66. The molecule has 0 aromatic heterocycles. The van der Waals surface area contributed by atoms with E-state index in [2.05, 4.69) is 17.6 Å². The third kappa shape index (κ3) is 3.99. The van der Waals surface area contributed by atoms with Crippen molar-refractivity contribution in [2.45, 2.75) is 13.3 Å². The second-order valence-corrected chi connectivity index (χ2v) is 4.66. The minimum atomic E-state index is -0.179. The Labute approximate surface area is 125 Å². The van der Waals surface area contributed by atoms with Crippen molar-refractivity contribution < 1.29 is 9.53 Å². The second kappa shape index (κ2) is 7.33. The Morgan fingerprint density at radius 1 is 1.05 bits per heavy atom. The van der Waals surface area contributed by atoms with Gasteiger partial charge in [0.15, 0.2) is 0 Å². The molecule has 0 spiro atoms. The van der Waals surface area contributed by atoms with Gasteiger partial charge in [-0.2, -0.15) is 0 Å². The molecule has 110 valence electrons. The van der Waals surface area contributed by atoms with E-state index in [1.165, 1.54) is 0 Å². The Morgan fingerprint density at radius 2 is 1.71 bits per heavy atom. The monoisotopic (exact) mass is 284 g/mol. The summed E-state index contributed by atoms with van der Waals surface area (Å²) in [4.78, 5) is 12.2. The first-order chi connectivity index (χ1) is 10.2. The molecule has 0 aliphatic rings. The summed E-state index contributed by atoms with van der Waals surface area (Å²) in [6.45, 7) is 3.06. The van der Waals surface area contributed by atoms with Gasteiger partial charge in [0.05, 0.1) is 12.7 Å². The quantitative estimate of drug-likeness (QED) is 0.849. The average Bonchev–Trinajstić information content (AvgIpc) is 2.54. The van der Waals surface area contributed by atoms with Gasteiger partial charge in [-0.1, -0.05) is 19.1 Å². The molecule has 0 aliphatic heterocycles. The van der Waals surface area contributed by atoms with Crippen molar-refractivity contribution in [3.8, 4) is 5.75 Å². The van der Waals surface area contributed by atoms with Crippen LogP contribution in [0.25, 0.3) is 0 Å². The highest BCUT2D eigenvalue weighted by molar-refractivity contribution is 6.06. The van der Waals surface area contributed by atoms with E-state index < -0.39 is 0 Å². The van der Waals surface area contributed by atoms with Crippen LogP contribution in [0.5, 0.6) is 5.75 Å². The fraction of sp³-hybridized carbons (Fsp3) is 0.235. The molecule has 0 bridgehead atoms. The van der Waals surface area contributed by atoms with Crippen LogP contribution >= 0.6 is 0 Å². The zero-order valence-corrected chi connectivity index (χ0v) is 12.3. The summed E-state index contributed by atoms with van der Waals surface area (Å²) in [7, 11) is 1.56. The first-order valence-corrected chi connectivity index (χ1v) is 7.03. The van der Waals surface area contributed by atoms with Gasteiger partial charge in [-0.25, -0.2) is 0 Å². The number of para-hydroxylation sites is 1.